The monoisotopic (exact) mass is 413 g/mol. The number of allylic oxidation sites excluding steroid dienone is 3. The van der Waals surface area contributed by atoms with Crippen molar-refractivity contribution < 1.29 is 24.6 Å². The number of amides is 1. The van der Waals surface area contributed by atoms with Gasteiger partial charge in [0.15, 0.2) is 0 Å². The average molecular weight is 414 g/mol. The third kappa shape index (κ3) is 12.6. The zero-order chi connectivity index (χ0) is 21.7. The van der Waals surface area contributed by atoms with E-state index in [0.29, 0.717) is 17.6 Å². The van der Waals surface area contributed by atoms with Crippen molar-refractivity contribution in [1.82, 2.24) is 5.32 Å². The molecule has 0 saturated carbocycles. The highest BCUT2D eigenvalue weighted by Gasteiger charge is 2.23. The summed E-state index contributed by atoms with van der Waals surface area (Å²) in [7, 11) is 0. The fourth-order valence-corrected chi connectivity index (χ4v) is 3.54. The van der Waals surface area contributed by atoms with Crippen LogP contribution >= 0.6 is 11.8 Å². The minimum atomic E-state index is -1.68. The van der Waals surface area contributed by atoms with Gasteiger partial charge in [-0.05, 0) is 58.3 Å². The molecule has 0 aromatic carbocycles. The molecule has 1 amide bonds. The number of rotatable bonds is 13. The van der Waals surface area contributed by atoms with Crippen LogP contribution in [0.25, 0.3) is 0 Å². The van der Waals surface area contributed by atoms with Crippen LogP contribution in [0.5, 0.6) is 0 Å². The van der Waals surface area contributed by atoms with Crippen LogP contribution in [-0.2, 0) is 14.4 Å². The summed E-state index contributed by atoms with van der Waals surface area (Å²) in [5, 5.41) is 19.6. The molecular formula is C21H35NO5S. The Labute approximate surface area is 172 Å². The Bertz CT molecular complexity index is 581. The standard InChI is InChI=1S/C21H35NO5S/c1-14(2)7-6-8-16(4)17(5)10-9-15(3)11-12-28-13-18(20(24)25)22-19(23)21(26)27/h7,11,16-18H,6,8-10,12-13H2,1-5H3,(H,22,23)(H,24,25)(H,26,27)/b15-11+/t16?,17?,18-/m0/s1. The van der Waals surface area contributed by atoms with E-state index in [1.807, 2.05) is 5.32 Å². The van der Waals surface area contributed by atoms with Crippen LogP contribution in [0.3, 0.4) is 0 Å². The number of carbonyl (C=O) groups is 3. The molecule has 3 atom stereocenters. The number of hydrogen-bond acceptors (Lipinski definition) is 4. The van der Waals surface area contributed by atoms with Gasteiger partial charge >= 0.3 is 17.8 Å². The Morgan fingerprint density at radius 3 is 2.14 bits per heavy atom. The van der Waals surface area contributed by atoms with Crippen molar-refractivity contribution in [1.29, 1.82) is 0 Å². The molecule has 0 rings (SSSR count). The molecule has 6 nitrogen and oxygen atoms in total. The maximum Gasteiger partial charge on any atom is 0.394 e. The summed E-state index contributed by atoms with van der Waals surface area (Å²) >= 11 is 1.35. The van der Waals surface area contributed by atoms with Crippen molar-refractivity contribution in [3.63, 3.8) is 0 Å². The largest absolute Gasteiger partial charge is 0.480 e. The first-order chi connectivity index (χ1) is 13.0. The number of carboxylic acids is 2. The number of carboxylic acid groups (broad SMARTS) is 2. The lowest BCUT2D eigenvalue weighted by Gasteiger charge is -2.19. The third-order valence-corrected chi connectivity index (χ3v) is 5.74. The van der Waals surface area contributed by atoms with E-state index >= 15 is 0 Å². The lowest BCUT2D eigenvalue weighted by molar-refractivity contribution is -0.151. The Morgan fingerprint density at radius 2 is 1.61 bits per heavy atom. The second-order valence-electron chi connectivity index (χ2n) is 7.61. The highest BCUT2D eigenvalue weighted by molar-refractivity contribution is 7.99. The summed E-state index contributed by atoms with van der Waals surface area (Å²) in [4.78, 5) is 32.7. The predicted molar refractivity (Wildman–Crippen MR) is 115 cm³/mol. The normalized spacial score (nSPS) is 14.7. The topological polar surface area (TPSA) is 104 Å². The van der Waals surface area contributed by atoms with E-state index in [9.17, 15) is 14.4 Å². The molecule has 0 aliphatic carbocycles. The highest BCUT2D eigenvalue weighted by atomic mass is 32.2. The van der Waals surface area contributed by atoms with E-state index in [1.54, 1.807) is 0 Å². The summed E-state index contributed by atoms with van der Waals surface area (Å²) in [6, 6.07) is -1.20. The number of carbonyl (C=O) groups excluding carboxylic acids is 1. The summed E-state index contributed by atoms with van der Waals surface area (Å²) in [5.74, 6) is -2.16. The second-order valence-corrected chi connectivity index (χ2v) is 8.68. The molecule has 0 bridgehead atoms. The van der Waals surface area contributed by atoms with Crippen LogP contribution in [-0.4, -0.2) is 45.6 Å². The fourth-order valence-electron chi connectivity index (χ4n) is 2.54. The molecule has 160 valence electrons. The average Bonchev–Trinajstić information content (AvgIpc) is 2.61. The van der Waals surface area contributed by atoms with E-state index in [4.69, 9.17) is 10.2 Å². The smallest absolute Gasteiger partial charge is 0.394 e. The summed E-state index contributed by atoms with van der Waals surface area (Å²) < 4.78 is 0. The van der Waals surface area contributed by atoms with Gasteiger partial charge in [0, 0.05) is 11.5 Å². The molecule has 2 unspecified atom stereocenters. The van der Waals surface area contributed by atoms with Gasteiger partial charge in [0.05, 0.1) is 0 Å². The minimum absolute atomic E-state index is 0.121. The zero-order valence-electron chi connectivity index (χ0n) is 17.7. The van der Waals surface area contributed by atoms with Crippen molar-refractivity contribution >= 4 is 29.6 Å². The van der Waals surface area contributed by atoms with Crippen LogP contribution in [0, 0.1) is 11.8 Å². The third-order valence-electron chi connectivity index (χ3n) is 4.77. The van der Waals surface area contributed by atoms with E-state index in [-0.39, 0.29) is 5.75 Å². The van der Waals surface area contributed by atoms with Gasteiger partial charge in [0.25, 0.3) is 0 Å². The molecule has 0 heterocycles. The van der Waals surface area contributed by atoms with Gasteiger partial charge in [0.2, 0.25) is 0 Å². The van der Waals surface area contributed by atoms with E-state index in [0.717, 1.165) is 19.3 Å². The molecule has 0 aliphatic rings. The van der Waals surface area contributed by atoms with Gasteiger partial charge < -0.3 is 15.5 Å². The maximum absolute atomic E-state index is 11.1. The highest BCUT2D eigenvalue weighted by Crippen LogP contribution is 2.24. The summed E-state index contributed by atoms with van der Waals surface area (Å²) in [5.41, 5.74) is 2.63. The van der Waals surface area contributed by atoms with Gasteiger partial charge in [-0.3, -0.25) is 4.79 Å². The minimum Gasteiger partial charge on any atom is -0.480 e. The van der Waals surface area contributed by atoms with E-state index in [2.05, 4.69) is 46.8 Å². The van der Waals surface area contributed by atoms with Crippen molar-refractivity contribution in [3.05, 3.63) is 23.3 Å². The number of thioether (sulfide) groups is 1. The van der Waals surface area contributed by atoms with Crippen molar-refractivity contribution in [2.24, 2.45) is 11.8 Å². The number of aliphatic carboxylic acids is 2. The lowest BCUT2D eigenvalue weighted by atomic mass is 9.87. The summed E-state index contributed by atoms with van der Waals surface area (Å²) in [6.07, 6.45) is 8.81. The van der Waals surface area contributed by atoms with Crippen LogP contribution < -0.4 is 5.32 Å². The van der Waals surface area contributed by atoms with Gasteiger partial charge in [-0.15, -0.1) is 0 Å². The Balaban J connectivity index is 4.23. The molecule has 0 aliphatic heterocycles. The van der Waals surface area contributed by atoms with E-state index in [1.165, 1.54) is 29.3 Å². The van der Waals surface area contributed by atoms with Crippen LogP contribution in [0.2, 0.25) is 0 Å². The molecule has 28 heavy (non-hydrogen) atoms. The quantitative estimate of drug-likeness (QED) is 0.238. The maximum atomic E-state index is 11.1. The molecule has 7 heteroatoms. The second kappa shape index (κ2) is 14.3. The van der Waals surface area contributed by atoms with Gasteiger partial charge in [-0.2, -0.15) is 11.8 Å². The van der Waals surface area contributed by atoms with E-state index < -0.39 is 23.9 Å². The number of hydrogen-bond donors (Lipinski definition) is 3. The van der Waals surface area contributed by atoms with Gasteiger partial charge in [0.1, 0.15) is 6.04 Å². The summed E-state index contributed by atoms with van der Waals surface area (Å²) in [6.45, 7) is 10.9. The molecule has 0 aromatic heterocycles. The van der Waals surface area contributed by atoms with Crippen LogP contribution in [0.1, 0.15) is 60.3 Å². The van der Waals surface area contributed by atoms with Crippen LogP contribution in [0.4, 0.5) is 0 Å². The molecule has 0 saturated heterocycles. The Kier molecular flexibility index (Phi) is 13.4. The van der Waals surface area contributed by atoms with Gasteiger partial charge in [-0.1, -0.05) is 37.1 Å². The van der Waals surface area contributed by atoms with Gasteiger partial charge in [-0.25, -0.2) is 9.59 Å². The molecular weight excluding hydrogens is 378 g/mol. The number of nitrogens with one attached hydrogen (secondary N) is 1. The first-order valence-electron chi connectivity index (χ1n) is 9.67. The Morgan fingerprint density at radius 1 is 1.00 bits per heavy atom. The van der Waals surface area contributed by atoms with Crippen molar-refractivity contribution in [2.75, 3.05) is 11.5 Å². The first kappa shape index (κ1) is 26.2. The molecule has 3 N–H and O–H groups in total. The SMILES string of the molecule is CC(C)=CCCC(C)C(C)CC/C(C)=C/CSC[C@H](NC(=O)C(=O)O)C(=O)O. The predicted octanol–water partition coefficient (Wildman–Crippen LogP) is 4.12. The Hall–Kier alpha value is -1.76. The lowest BCUT2D eigenvalue weighted by Crippen LogP contribution is -2.45. The molecule has 0 spiro atoms. The fraction of sp³-hybridized carbons (Fsp3) is 0.667. The van der Waals surface area contributed by atoms with Crippen LogP contribution in [0.15, 0.2) is 23.3 Å². The van der Waals surface area contributed by atoms with Crippen molar-refractivity contribution in [2.45, 2.75) is 66.3 Å². The molecule has 0 radical (unpaired) electrons. The zero-order valence-corrected chi connectivity index (χ0v) is 18.5. The van der Waals surface area contributed by atoms with Crippen molar-refractivity contribution in [3.8, 4) is 0 Å². The first-order valence-corrected chi connectivity index (χ1v) is 10.8. The molecule has 0 aromatic rings. The molecule has 0 fully saturated rings.